The first kappa shape index (κ1) is 20.6. The molecule has 2 aromatic rings. The Bertz CT molecular complexity index is 1070. The summed E-state index contributed by atoms with van der Waals surface area (Å²) < 4.78 is 0. The molecule has 2 aromatic carbocycles. The van der Waals surface area contributed by atoms with E-state index >= 15 is 0 Å². The maximum absolute atomic E-state index is 12.4. The van der Waals surface area contributed by atoms with Crippen LogP contribution in [0.5, 0.6) is 0 Å². The van der Waals surface area contributed by atoms with Crippen molar-refractivity contribution < 1.29 is 24.1 Å². The Kier molecular flexibility index (Phi) is 5.86. The number of benzene rings is 2. The number of nitro groups is 1. The van der Waals surface area contributed by atoms with Gasteiger partial charge in [-0.1, -0.05) is 12.1 Å². The number of amides is 4. The van der Waals surface area contributed by atoms with Crippen molar-refractivity contribution in [3.8, 4) is 0 Å². The highest BCUT2D eigenvalue weighted by atomic mass is 16.6. The summed E-state index contributed by atoms with van der Waals surface area (Å²) in [7, 11) is 0. The lowest BCUT2D eigenvalue weighted by Gasteiger charge is -2.14. The first-order valence-corrected chi connectivity index (χ1v) is 9.08. The lowest BCUT2D eigenvalue weighted by Crippen LogP contribution is -2.35. The van der Waals surface area contributed by atoms with Gasteiger partial charge in [-0.25, -0.2) is 4.79 Å². The fourth-order valence-corrected chi connectivity index (χ4v) is 3.03. The van der Waals surface area contributed by atoms with E-state index < -0.39 is 22.8 Å². The Labute approximate surface area is 171 Å². The summed E-state index contributed by atoms with van der Waals surface area (Å²) in [5.41, 5.74) is 0.802. The number of ketones is 1. The van der Waals surface area contributed by atoms with Gasteiger partial charge in [-0.3, -0.25) is 29.4 Å². The molecule has 0 saturated carbocycles. The summed E-state index contributed by atoms with van der Waals surface area (Å²) >= 11 is 0. The molecule has 1 aliphatic heterocycles. The van der Waals surface area contributed by atoms with Crippen molar-refractivity contribution >= 4 is 35.0 Å². The molecule has 3 rings (SSSR count). The second kappa shape index (κ2) is 8.52. The molecule has 0 unspecified atom stereocenters. The van der Waals surface area contributed by atoms with Crippen LogP contribution in [0.2, 0.25) is 0 Å². The number of carbonyl (C=O) groups excluding carboxylic acids is 4. The minimum atomic E-state index is -0.630. The van der Waals surface area contributed by atoms with Crippen LogP contribution in [0.4, 0.5) is 16.2 Å². The molecule has 0 fully saturated rings. The average Bonchev–Trinajstić information content (AvgIpc) is 2.95. The first-order valence-electron chi connectivity index (χ1n) is 9.08. The molecule has 30 heavy (non-hydrogen) atoms. The fourth-order valence-electron chi connectivity index (χ4n) is 3.03. The number of imide groups is 1. The van der Waals surface area contributed by atoms with Crippen molar-refractivity contribution in [1.82, 2.24) is 10.2 Å². The Morgan fingerprint density at radius 2 is 1.80 bits per heavy atom. The van der Waals surface area contributed by atoms with Crippen molar-refractivity contribution in [3.63, 3.8) is 0 Å². The SMILES string of the molecule is CC(=O)c1cccc(NC(=O)NCCCN2C(=O)c3ccc([N+](=O)[O-])cc3C2=O)c1. The molecule has 4 amide bonds. The molecule has 0 aliphatic carbocycles. The third kappa shape index (κ3) is 4.32. The zero-order valence-corrected chi connectivity index (χ0v) is 16.0. The number of nitrogens with zero attached hydrogens (tertiary/aromatic N) is 2. The maximum Gasteiger partial charge on any atom is 0.319 e. The molecule has 10 nitrogen and oxygen atoms in total. The number of fused-ring (bicyclic) bond motifs is 1. The maximum atomic E-state index is 12.4. The van der Waals surface area contributed by atoms with Crippen LogP contribution in [0.25, 0.3) is 0 Å². The molecule has 0 radical (unpaired) electrons. The number of Topliss-reactive ketones (excluding diaryl/α,β-unsaturated/α-hetero) is 1. The summed E-state index contributed by atoms with van der Waals surface area (Å²) in [5.74, 6) is -1.23. The molecule has 10 heteroatoms. The number of anilines is 1. The van der Waals surface area contributed by atoms with Gasteiger partial charge in [-0.05, 0) is 31.5 Å². The van der Waals surface area contributed by atoms with Gasteiger partial charge in [0.25, 0.3) is 17.5 Å². The van der Waals surface area contributed by atoms with Crippen molar-refractivity contribution in [2.45, 2.75) is 13.3 Å². The highest BCUT2D eigenvalue weighted by Gasteiger charge is 2.36. The van der Waals surface area contributed by atoms with Crippen LogP contribution < -0.4 is 10.6 Å². The molecular formula is C20H18N4O6. The topological polar surface area (TPSA) is 139 Å². The second-order valence-corrected chi connectivity index (χ2v) is 6.62. The van der Waals surface area contributed by atoms with Crippen LogP contribution in [0, 0.1) is 10.1 Å². The summed E-state index contributed by atoms with van der Waals surface area (Å²) in [6.45, 7) is 1.67. The molecular weight excluding hydrogens is 392 g/mol. The van der Waals surface area contributed by atoms with Gasteiger partial charge in [0.2, 0.25) is 0 Å². The highest BCUT2D eigenvalue weighted by molar-refractivity contribution is 6.21. The van der Waals surface area contributed by atoms with Gasteiger partial charge >= 0.3 is 6.03 Å². The normalized spacial score (nSPS) is 12.5. The van der Waals surface area contributed by atoms with Gasteiger partial charge in [0.1, 0.15) is 0 Å². The van der Waals surface area contributed by atoms with Gasteiger partial charge in [0.05, 0.1) is 16.1 Å². The summed E-state index contributed by atoms with van der Waals surface area (Å²) in [6.07, 6.45) is 0.300. The number of nitrogens with one attached hydrogen (secondary N) is 2. The molecule has 0 bridgehead atoms. The van der Waals surface area contributed by atoms with Crippen LogP contribution in [-0.4, -0.2) is 46.5 Å². The van der Waals surface area contributed by atoms with E-state index in [0.717, 1.165) is 11.0 Å². The fraction of sp³-hybridized carbons (Fsp3) is 0.200. The number of hydrogen-bond donors (Lipinski definition) is 2. The molecule has 1 aliphatic rings. The van der Waals surface area contributed by atoms with Crippen molar-refractivity contribution in [1.29, 1.82) is 0 Å². The van der Waals surface area contributed by atoms with E-state index in [4.69, 9.17) is 0 Å². The van der Waals surface area contributed by atoms with Crippen LogP contribution in [0.1, 0.15) is 44.4 Å². The molecule has 0 spiro atoms. The van der Waals surface area contributed by atoms with E-state index in [2.05, 4.69) is 10.6 Å². The van der Waals surface area contributed by atoms with Crippen LogP contribution in [0.15, 0.2) is 42.5 Å². The number of rotatable bonds is 7. The molecule has 2 N–H and O–H groups in total. The highest BCUT2D eigenvalue weighted by Crippen LogP contribution is 2.26. The summed E-state index contributed by atoms with van der Waals surface area (Å²) in [6, 6.07) is 9.55. The van der Waals surface area contributed by atoms with Crippen LogP contribution >= 0.6 is 0 Å². The van der Waals surface area contributed by atoms with Crippen molar-refractivity contribution in [2.75, 3.05) is 18.4 Å². The average molecular weight is 410 g/mol. The van der Waals surface area contributed by atoms with E-state index in [1.54, 1.807) is 24.3 Å². The monoisotopic (exact) mass is 410 g/mol. The minimum Gasteiger partial charge on any atom is -0.338 e. The molecule has 0 saturated heterocycles. The third-order valence-electron chi connectivity index (χ3n) is 4.54. The van der Waals surface area contributed by atoms with Gasteiger partial charge in [0.15, 0.2) is 5.78 Å². The first-order chi connectivity index (χ1) is 14.3. The zero-order chi connectivity index (χ0) is 21.8. The Morgan fingerprint density at radius 1 is 1.07 bits per heavy atom. The zero-order valence-electron chi connectivity index (χ0n) is 16.0. The number of nitro benzene ring substituents is 1. The number of hydrogen-bond acceptors (Lipinski definition) is 6. The third-order valence-corrected chi connectivity index (χ3v) is 4.54. The van der Waals surface area contributed by atoms with E-state index in [-0.39, 0.29) is 35.7 Å². The Hall–Kier alpha value is -4.08. The lowest BCUT2D eigenvalue weighted by atomic mass is 10.1. The van der Waals surface area contributed by atoms with Gasteiger partial charge in [-0.2, -0.15) is 0 Å². The predicted octanol–water partition coefficient (Wildman–Crippen LogP) is 2.61. The predicted molar refractivity (Wildman–Crippen MR) is 107 cm³/mol. The number of non-ortho nitro benzene ring substituents is 1. The van der Waals surface area contributed by atoms with E-state index in [1.165, 1.54) is 19.1 Å². The summed E-state index contributed by atoms with van der Waals surface area (Å²) in [5, 5.41) is 16.1. The van der Waals surface area contributed by atoms with Gasteiger partial charge < -0.3 is 10.6 Å². The van der Waals surface area contributed by atoms with Crippen LogP contribution in [-0.2, 0) is 0 Å². The largest absolute Gasteiger partial charge is 0.338 e. The van der Waals surface area contributed by atoms with Crippen LogP contribution in [0.3, 0.4) is 0 Å². The molecule has 1 heterocycles. The lowest BCUT2D eigenvalue weighted by molar-refractivity contribution is -0.384. The van der Waals surface area contributed by atoms with E-state index in [9.17, 15) is 29.3 Å². The number of urea groups is 1. The Balaban J connectivity index is 1.51. The van der Waals surface area contributed by atoms with E-state index in [1.807, 2.05) is 0 Å². The molecule has 154 valence electrons. The van der Waals surface area contributed by atoms with Gasteiger partial charge in [0, 0.05) is 36.5 Å². The smallest absolute Gasteiger partial charge is 0.319 e. The standard InChI is InChI=1S/C20H18N4O6/c1-12(25)13-4-2-5-14(10-13)22-20(28)21-8-3-9-23-18(26)16-7-6-15(24(29)30)11-17(16)19(23)27/h2,4-7,10-11H,3,8-9H2,1H3,(H2,21,22,28). The minimum absolute atomic E-state index is 0.00487. The number of carbonyl (C=O) groups is 4. The second-order valence-electron chi connectivity index (χ2n) is 6.62. The van der Waals surface area contributed by atoms with Crippen molar-refractivity contribution in [3.05, 3.63) is 69.3 Å². The molecule has 0 aromatic heterocycles. The quantitative estimate of drug-likeness (QED) is 0.236. The molecule has 0 atom stereocenters. The van der Waals surface area contributed by atoms with E-state index in [0.29, 0.717) is 17.7 Å². The summed E-state index contributed by atoms with van der Waals surface area (Å²) in [4.78, 5) is 59.3. The Morgan fingerprint density at radius 3 is 2.50 bits per heavy atom. The van der Waals surface area contributed by atoms with Crippen molar-refractivity contribution in [2.24, 2.45) is 0 Å². The van der Waals surface area contributed by atoms with Gasteiger partial charge in [-0.15, -0.1) is 0 Å².